The lowest BCUT2D eigenvalue weighted by Crippen LogP contribution is -2.34. The van der Waals surface area contributed by atoms with Crippen molar-refractivity contribution >= 4 is 23.6 Å². The first-order valence-electron chi connectivity index (χ1n) is 6.88. The number of aliphatic hydroxyl groups is 1. The third kappa shape index (κ3) is 3.71. The quantitative estimate of drug-likeness (QED) is 0.643. The van der Waals surface area contributed by atoms with Gasteiger partial charge in [0.05, 0.1) is 0 Å². The van der Waals surface area contributed by atoms with Gasteiger partial charge in [0.2, 0.25) is 0 Å². The highest BCUT2D eigenvalue weighted by atomic mass is 32.2. The zero-order valence-corrected chi connectivity index (χ0v) is 13.4. The molecule has 0 aromatic heterocycles. The molecular formula is C15H21N3O2S. The van der Waals surface area contributed by atoms with Crippen LogP contribution in [-0.2, 0) is 4.79 Å². The average molecular weight is 307 g/mol. The predicted molar refractivity (Wildman–Crippen MR) is 85.8 cm³/mol. The lowest BCUT2D eigenvalue weighted by Gasteiger charge is -2.27. The molecule has 0 fully saturated rings. The Morgan fingerprint density at radius 1 is 1.38 bits per heavy atom. The molecule has 21 heavy (non-hydrogen) atoms. The standard InChI is InChI=1S/C15H21N3O2S/c1-17(2)10-6-9-16-15(20)13-14(19)11-7-4-5-8-12(11)21-18(13)3/h4-5,7-8,19H,6,9-10H2,1-3H3,(H,16,20). The second-order valence-corrected chi connectivity index (χ2v) is 6.36. The van der Waals surface area contributed by atoms with Crippen LogP contribution in [0.2, 0.25) is 0 Å². The molecular weight excluding hydrogens is 286 g/mol. The highest BCUT2D eigenvalue weighted by Gasteiger charge is 2.27. The molecule has 1 aromatic carbocycles. The summed E-state index contributed by atoms with van der Waals surface area (Å²) in [6.45, 7) is 1.51. The Balaban J connectivity index is 2.09. The molecule has 0 saturated carbocycles. The van der Waals surface area contributed by atoms with Crippen molar-refractivity contribution in [3.05, 3.63) is 35.5 Å². The zero-order valence-electron chi connectivity index (χ0n) is 12.6. The lowest BCUT2D eigenvalue weighted by atomic mass is 10.1. The molecule has 0 radical (unpaired) electrons. The number of amides is 1. The monoisotopic (exact) mass is 307 g/mol. The van der Waals surface area contributed by atoms with E-state index in [4.69, 9.17) is 0 Å². The van der Waals surface area contributed by atoms with Crippen LogP contribution in [0.1, 0.15) is 12.0 Å². The van der Waals surface area contributed by atoms with Gasteiger partial charge in [-0.05, 0) is 51.1 Å². The fourth-order valence-corrected chi connectivity index (χ4v) is 3.10. The van der Waals surface area contributed by atoms with Crippen LogP contribution >= 0.6 is 11.9 Å². The van der Waals surface area contributed by atoms with Crippen LogP contribution < -0.4 is 5.32 Å². The van der Waals surface area contributed by atoms with E-state index in [0.29, 0.717) is 17.8 Å². The molecule has 1 aliphatic rings. The van der Waals surface area contributed by atoms with Crippen molar-refractivity contribution in [1.82, 2.24) is 14.5 Å². The molecule has 2 rings (SSSR count). The van der Waals surface area contributed by atoms with Gasteiger partial charge in [-0.15, -0.1) is 0 Å². The van der Waals surface area contributed by atoms with Gasteiger partial charge < -0.3 is 19.6 Å². The summed E-state index contributed by atoms with van der Waals surface area (Å²) in [6, 6.07) is 7.52. The van der Waals surface area contributed by atoms with Crippen LogP contribution in [0.3, 0.4) is 0 Å². The summed E-state index contributed by atoms with van der Waals surface area (Å²) in [5.41, 5.74) is 1.02. The van der Waals surface area contributed by atoms with Gasteiger partial charge in [0, 0.05) is 24.1 Å². The van der Waals surface area contributed by atoms with Gasteiger partial charge in [-0.3, -0.25) is 4.79 Å². The number of carbonyl (C=O) groups excluding carboxylic acids is 1. The number of hydrogen-bond acceptors (Lipinski definition) is 5. The maximum Gasteiger partial charge on any atom is 0.272 e. The maximum atomic E-state index is 12.3. The van der Waals surface area contributed by atoms with Crippen LogP contribution in [0.25, 0.3) is 5.76 Å². The molecule has 0 aliphatic carbocycles. The van der Waals surface area contributed by atoms with Gasteiger partial charge in [-0.25, -0.2) is 0 Å². The molecule has 6 heteroatoms. The minimum atomic E-state index is -0.240. The van der Waals surface area contributed by atoms with Crippen molar-refractivity contribution in [1.29, 1.82) is 0 Å². The first kappa shape index (κ1) is 15.7. The van der Waals surface area contributed by atoms with E-state index in [1.807, 2.05) is 38.4 Å². The van der Waals surface area contributed by atoms with Gasteiger partial charge >= 0.3 is 0 Å². The molecule has 0 atom stereocenters. The molecule has 1 amide bonds. The van der Waals surface area contributed by atoms with E-state index in [0.717, 1.165) is 17.9 Å². The van der Waals surface area contributed by atoms with E-state index in [2.05, 4.69) is 10.2 Å². The Kier molecular flexibility index (Phi) is 5.14. The number of hydrogen-bond donors (Lipinski definition) is 2. The summed E-state index contributed by atoms with van der Waals surface area (Å²) in [5, 5.41) is 13.2. The lowest BCUT2D eigenvalue weighted by molar-refractivity contribution is -0.118. The Morgan fingerprint density at radius 3 is 2.81 bits per heavy atom. The number of benzene rings is 1. The smallest absolute Gasteiger partial charge is 0.272 e. The Hall–Kier alpha value is -1.66. The number of carbonyl (C=O) groups is 1. The summed E-state index contributed by atoms with van der Waals surface area (Å²) >= 11 is 1.44. The second-order valence-electron chi connectivity index (χ2n) is 5.19. The minimum Gasteiger partial charge on any atom is -0.505 e. The summed E-state index contributed by atoms with van der Waals surface area (Å²) in [7, 11) is 5.78. The van der Waals surface area contributed by atoms with E-state index in [9.17, 15) is 9.90 Å². The van der Waals surface area contributed by atoms with Crippen LogP contribution in [0.15, 0.2) is 34.9 Å². The van der Waals surface area contributed by atoms with Gasteiger partial charge in [0.25, 0.3) is 5.91 Å². The fraction of sp³-hybridized carbons (Fsp3) is 0.400. The number of likely N-dealkylation sites (N-methyl/N-ethyl adjacent to an activating group) is 1. The van der Waals surface area contributed by atoms with Crippen LogP contribution in [0.5, 0.6) is 0 Å². The fourth-order valence-electron chi connectivity index (χ4n) is 2.14. The molecule has 114 valence electrons. The third-order valence-corrected chi connectivity index (χ3v) is 4.21. The highest BCUT2D eigenvalue weighted by molar-refractivity contribution is 7.97. The Bertz CT molecular complexity index is 558. The highest BCUT2D eigenvalue weighted by Crippen LogP contribution is 2.38. The van der Waals surface area contributed by atoms with E-state index in [1.165, 1.54) is 11.9 Å². The van der Waals surface area contributed by atoms with Crippen LogP contribution in [0.4, 0.5) is 0 Å². The first-order chi connectivity index (χ1) is 10.0. The maximum absolute atomic E-state index is 12.3. The second kappa shape index (κ2) is 6.87. The molecule has 0 bridgehead atoms. The van der Waals surface area contributed by atoms with E-state index in [1.54, 1.807) is 11.4 Å². The molecule has 1 heterocycles. The van der Waals surface area contributed by atoms with Gasteiger partial charge in [0.15, 0.2) is 11.5 Å². The summed E-state index contributed by atoms with van der Waals surface area (Å²) in [4.78, 5) is 15.3. The van der Waals surface area contributed by atoms with Crippen molar-refractivity contribution in [2.24, 2.45) is 0 Å². The molecule has 2 N–H and O–H groups in total. The predicted octanol–water partition coefficient (Wildman–Crippen LogP) is 1.93. The molecule has 1 aliphatic heterocycles. The normalized spacial score (nSPS) is 14.4. The number of aliphatic hydroxyl groups excluding tert-OH is 1. The Morgan fingerprint density at radius 2 is 2.10 bits per heavy atom. The van der Waals surface area contributed by atoms with Crippen molar-refractivity contribution < 1.29 is 9.90 Å². The van der Waals surface area contributed by atoms with Gasteiger partial charge in [0.1, 0.15) is 0 Å². The molecule has 1 aromatic rings. The molecule has 0 unspecified atom stereocenters. The van der Waals surface area contributed by atoms with Crippen molar-refractivity contribution in [3.63, 3.8) is 0 Å². The van der Waals surface area contributed by atoms with Gasteiger partial charge in [-0.1, -0.05) is 12.1 Å². The SMILES string of the molecule is CN(C)CCCNC(=O)C1=C(O)c2ccccc2SN1C. The zero-order chi connectivity index (χ0) is 15.4. The van der Waals surface area contributed by atoms with Crippen LogP contribution in [-0.4, -0.2) is 54.5 Å². The van der Waals surface area contributed by atoms with Crippen molar-refractivity contribution in [3.8, 4) is 0 Å². The molecule has 0 spiro atoms. The van der Waals surface area contributed by atoms with E-state index >= 15 is 0 Å². The van der Waals surface area contributed by atoms with Crippen molar-refractivity contribution in [2.75, 3.05) is 34.2 Å². The Labute approximate surface area is 129 Å². The summed E-state index contributed by atoms with van der Waals surface area (Å²) in [5.74, 6) is -0.201. The number of fused-ring (bicyclic) bond motifs is 1. The number of rotatable bonds is 5. The number of nitrogens with zero attached hydrogens (tertiary/aromatic N) is 2. The average Bonchev–Trinajstić information content (AvgIpc) is 2.43. The first-order valence-corrected chi connectivity index (χ1v) is 7.65. The largest absolute Gasteiger partial charge is 0.505 e. The third-order valence-electron chi connectivity index (χ3n) is 3.20. The van der Waals surface area contributed by atoms with E-state index < -0.39 is 0 Å². The number of nitrogens with one attached hydrogen (secondary N) is 1. The summed E-state index contributed by atoms with van der Waals surface area (Å²) in [6.07, 6.45) is 0.875. The topological polar surface area (TPSA) is 55.8 Å². The van der Waals surface area contributed by atoms with Gasteiger partial charge in [-0.2, -0.15) is 0 Å². The van der Waals surface area contributed by atoms with Crippen LogP contribution in [0, 0.1) is 0 Å². The van der Waals surface area contributed by atoms with Crippen molar-refractivity contribution in [2.45, 2.75) is 11.3 Å². The summed E-state index contributed by atoms with van der Waals surface area (Å²) < 4.78 is 1.71. The molecule has 5 nitrogen and oxygen atoms in total. The minimum absolute atomic E-state index is 0.0389. The van der Waals surface area contributed by atoms with E-state index in [-0.39, 0.29) is 11.7 Å². The molecule has 0 saturated heterocycles.